The molecule has 2 aromatic carbocycles. The summed E-state index contributed by atoms with van der Waals surface area (Å²) in [5.74, 6) is 1.50. The van der Waals surface area contributed by atoms with Gasteiger partial charge in [-0.05, 0) is 38.2 Å². The largest absolute Gasteiger partial charge is 0.454 e. The molecule has 0 bridgehead atoms. The van der Waals surface area contributed by atoms with E-state index in [9.17, 15) is 13.2 Å². The fourth-order valence-corrected chi connectivity index (χ4v) is 7.31. The van der Waals surface area contributed by atoms with Gasteiger partial charge in [0.15, 0.2) is 16.3 Å². The number of thiazole rings is 1. The van der Waals surface area contributed by atoms with Crippen LogP contribution in [0.2, 0.25) is 0 Å². The Morgan fingerprint density at radius 3 is 2.69 bits per heavy atom. The minimum Gasteiger partial charge on any atom is -0.454 e. The van der Waals surface area contributed by atoms with Gasteiger partial charge >= 0.3 is 0 Å². The Morgan fingerprint density at radius 2 is 1.94 bits per heavy atom. The summed E-state index contributed by atoms with van der Waals surface area (Å²) in [6, 6.07) is 10.7. The molecule has 35 heavy (non-hydrogen) atoms. The lowest BCUT2D eigenvalue weighted by atomic mass is 9.99. The van der Waals surface area contributed by atoms with E-state index in [1.54, 1.807) is 36.0 Å². The van der Waals surface area contributed by atoms with E-state index < -0.39 is 15.9 Å². The number of amides is 1. The van der Waals surface area contributed by atoms with E-state index in [0.717, 1.165) is 21.5 Å². The number of benzene rings is 2. The van der Waals surface area contributed by atoms with Gasteiger partial charge in [-0.3, -0.25) is 4.79 Å². The first-order valence-corrected chi connectivity index (χ1v) is 15.1. The van der Waals surface area contributed by atoms with Crippen LogP contribution < -0.4 is 14.3 Å². The van der Waals surface area contributed by atoms with Gasteiger partial charge in [0.05, 0.1) is 21.0 Å². The van der Waals surface area contributed by atoms with Crippen LogP contribution in [0.4, 0.5) is 0 Å². The van der Waals surface area contributed by atoms with E-state index in [1.807, 2.05) is 29.9 Å². The normalized spacial score (nSPS) is 18.9. The van der Waals surface area contributed by atoms with Gasteiger partial charge in [-0.25, -0.2) is 8.42 Å². The third-order valence-corrected chi connectivity index (χ3v) is 9.81. The molecule has 11 heteroatoms. The number of aryl methyl sites for hydroxylation is 2. The van der Waals surface area contributed by atoms with Crippen LogP contribution in [0.3, 0.4) is 0 Å². The SMILES string of the molecule is CSCCn1c(=NC(=O)C2CCCN(S(=O)(=O)c3ccc(C)cc3)C2)sc2cc3c(cc21)OCO3. The number of rotatable bonds is 6. The van der Waals surface area contributed by atoms with Crippen LogP contribution in [0.15, 0.2) is 46.3 Å². The van der Waals surface area contributed by atoms with Gasteiger partial charge in [-0.15, -0.1) is 0 Å². The van der Waals surface area contributed by atoms with Crippen molar-refractivity contribution in [1.82, 2.24) is 8.87 Å². The highest BCUT2D eigenvalue weighted by molar-refractivity contribution is 7.98. The van der Waals surface area contributed by atoms with Gasteiger partial charge in [-0.1, -0.05) is 29.0 Å². The van der Waals surface area contributed by atoms with Gasteiger partial charge < -0.3 is 14.0 Å². The van der Waals surface area contributed by atoms with Crippen LogP contribution in [0, 0.1) is 12.8 Å². The number of fused-ring (bicyclic) bond motifs is 2. The summed E-state index contributed by atoms with van der Waals surface area (Å²) < 4.78 is 41.8. The molecule has 1 amide bonds. The maximum Gasteiger partial charge on any atom is 0.252 e. The number of hydrogen-bond acceptors (Lipinski definition) is 7. The van der Waals surface area contributed by atoms with Gasteiger partial charge in [0.1, 0.15) is 0 Å². The zero-order valence-corrected chi connectivity index (χ0v) is 22.0. The van der Waals surface area contributed by atoms with Crippen molar-refractivity contribution in [1.29, 1.82) is 0 Å². The number of nitrogens with zero attached hydrogens (tertiary/aromatic N) is 3. The first-order chi connectivity index (χ1) is 16.9. The van der Waals surface area contributed by atoms with Crippen molar-refractivity contribution in [2.75, 3.05) is 31.9 Å². The molecule has 0 saturated carbocycles. The zero-order valence-electron chi connectivity index (χ0n) is 19.6. The van der Waals surface area contributed by atoms with Crippen molar-refractivity contribution in [3.8, 4) is 11.5 Å². The summed E-state index contributed by atoms with van der Waals surface area (Å²) in [4.78, 5) is 18.6. The molecule has 3 heterocycles. The van der Waals surface area contributed by atoms with Gasteiger partial charge in [0.2, 0.25) is 16.8 Å². The van der Waals surface area contributed by atoms with Gasteiger partial charge in [0.25, 0.3) is 5.91 Å². The molecule has 3 aromatic rings. The number of sulfonamides is 1. The van der Waals surface area contributed by atoms with E-state index >= 15 is 0 Å². The van der Waals surface area contributed by atoms with Crippen LogP contribution in [0.25, 0.3) is 10.2 Å². The Kier molecular flexibility index (Phi) is 6.93. The molecule has 0 aliphatic carbocycles. The van der Waals surface area contributed by atoms with E-state index in [-0.39, 0.29) is 24.1 Å². The number of thioether (sulfide) groups is 1. The topological polar surface area (TPSA) is 90.2 Å². The molecule has 2 aliphatic heterocycles. The average molecular weight is 534 g/mol. The van der Waals surface area contributed by atoms with Crippen molar-refractivity contribution >= 4 is 49.2 Å². The quantitative estimate of drug-likeness (QED) is 0.481. The highest BCUT2D eigenvalue weighted by atomic mass is 32.2. The second-order valence-electron chi connectivity index (χ2n) is 8.67. The third-order valence-electron chi connectivity index (χ3n) is 6.29. The fourth-order valence-electron chi connectivity index (χ4n) is 4.35. The molecular formula is C24H27N3O5S3. The van der Waals surface area contributed by atoms with Crippen molar-refractivity contribution in [2.24, 2.45) is 10.9 Å². The second-order valence-corrected chi connectivity index (χ2v) is 12.6. The van der Waals surface area contributed by atoms with E-state index in [0.29, 0.717) is 42.2 Å². The molecule has 1 unspecified atom stereocenters. The first kappa shape index (κ1) is 24.4. The highest BCUT2D eigenvalue weighted by Crippen LogP contribution is 2.37. The second kappa shape index (κ2) is 9.96. The molecule has 5 rings (SSSR count). The molecule has 2 aliphatic rings. The number of carbonyl (C=O) groups is 1. The van der Waals surface area contributed by atoms with Crippen molar-refractivity contribution < 1.29 is 22.7 Å². The highest BCUT2D eigenvalue weighted by Gasteiger charge is 2.33. The van der Waals surface area contributed by atoms with E-state index in [1.165, 1.54) is 15.6 Å². The zero-order chi connectivity index (χ0) is 24.6. The van der Waals surface area contributed by atoms with Crippen molar-refractivity contribution in [2.45, 2.75) is 31.2 Å². The predicted molar refractivity (Wildman–Crippen MR) is 138 cm³/mol. The number of piperidine rings is 1. The van der Waals surface area contributed by atoms with E-state index in [4.69, 9.17) is 9.47 Å². The Balaban J connectivity index is 1.44. The summed E-state index contributed by atoms with van der Waals surface area (Å²) in [7, 11) is -3.66. The van der Waals surface area contributed by atoms with Gasteiger partial charge in [0, 0.05) is 37.5 Å². The molecule has 0 radical (unpaired) electrons. The van der Waals surface area contributed by atoms with Crippen molar-refractivity contribution in [3.05, 3.63) is 46.8 Å². The molecule has 8 nitrogen and oxygen atoms in total. The monoisotopic (exact) mass is 533 g/mol. The lowest BCUT2D eigenvalue weighted by molar-refractivity contribution is -0.122. The molecule has 1 saturated heterocycles. The number of hydrogen-bond donors (Lipinski definition) is 0. The number of aromatic nitrogens is 1. The Hall–Kier alpha value is -2.34. The minimum absolute atomic E-state index is 0.143. The molecular weight excluding hydrogens is 506 g/mol. The number of carbonyl (C=O) groups excluding carboxylic acids is 1. The summed E-state index contributed by atoms with van der Waals surface area (Å²) in [6.07, 6.45) is 3.28. The lowest BCUT2D eigenvalue weighted by Gasteiger charge is -2.30. The Labute approximate surface area is 212 Å². The molecule has 186 valence electrons. The summed E-state index contributed by atoms with van der Waals surface area (Å²) in [5, 5.41) is 0. The molecule has 0 spiro atoms. The summed E-state index contributed by atoms with van der Waals surface area (Å²) in [5.41, 5.74) is 1.95. The molecule has 1 aromatic heterocycles. The smallest absolute Gasteiger partial charge is 0.252 e. The summed E-state index contributed by atoms with van der Waals surface area (Å²) >= 11 is 3.16. The Bertz CT molecular complexity index is 1430. The number of ether oxygens (including phenoxy) is 2. The molecule has 1 fully saturated rings. The average Bonchev–Trinajstić information content (AvgIpc) is 3.44. The fraction of sp³-hybridized carbons (Fsp3) is 0.417. The van der Waals surface area contributed by atoms with Gasteiger partial charge in [-0.2, -0.15) is 21.1 Å². The lowest BCUT2D eigenvalue weighted by Crippen LogP contribution is -2.42. The maximum absolute atomic E-state index is 13.3. The van der Waals surface area contributed by atoms with Crippen LogP contribution in [0.5, 0.6) is 11.5 Å². The minimum atomic E-state index is -3.66. The van der Waals surface area contributed by atoms with Crippen LogP contribution in [-0.2, 0) is 21.4 Å². The standard InChI is InChI=1S/C24H27N3O5S3/c1-16-5-7-18(8-6-16)35(29,30)26-9-3-4-17(14-26)23(28)25-24-27(10-11-33-2)19-12-20-21(32-15-31-20)13-22(19)34-24/h5-8,12-13,17H,3-4,9-11,14-15H2,1-2H3. The van der Waals surface area contributed by atoms with E-state index in [2.05, 4.69) is 4.99 Å². The maximum atomic E-state index is 13.3. The first-order valence-electron chi connectivity index (χ1n) is 11.4. The van der Waals surface area contributed by atoms with Crippen LogP contribution in [-0.4, -0.2) is 55.1 Å². The summed E-state index contributed by atoms with van der Waals surface area (Å²) in [6.45, 7) is 3.37. The Morgan fingerprint density at radius 1 is 1.20 bits per heavy atom. The van der Waals surface area contributed by atoms with Crippen LogP contribution >= 0.6 is 23.1 Å². The molecule has 0 N–H and O–H groups in total. The van der Waals surface area contributed by atoms with Crippen LogP contribution in [0.1, 0.15) is 18.4 Å². The predicted octanol–water partition coefficient (Wildman–Crippen LogP) is 3.63. The molecule has 1 atom stereocenters. The van der Waals surface area contributed by atoms with Crippen molar-refractivity contribution in [3.63, 3.8) is 0 Å². The third kappa shape index (κ3) is 4.87.